The number of hydrogen-bond acceptors (Lipinski definition) is 7. The van der Waals surface area contributed by atoms with E-state index >= 15 is 4.39 Å². The van der Waals surface area contributed by atoms with Crippen molar-refractivity contribution in [2.75, 3.05) is 18.0 Å². The number of nitrogens with zero attached hydrogens (tertiary/aromatic N) is 7. The Balaban J connectivity index is 1.43. The van der Waals surface area contributed by atoms with Crippen LogP contribution in [-0.4, -0.2) is 48.9 Å². The van der Waals surface area contributed by atoms with E-state index in [9.17, 15) is 0 Å². The normalized spacial score (nSPS) is 20.5. The van der Waals surface area contributed by atoms with E-state index in [-0.39, 0.29) is 18.0 Å². The molecule has 0 bridgehead atoms. The molecule has 0 amide bonds. The fourth-order valence-electron chi connectivity index (χ4n) is 4.60. The molecular formula is C26H28FN7O. The highest BCUT2D eigenvalue weighted by Crippen LogP contribution is 2.36. The van der Waals surface area contributed by atoms with Gasteiger partial charge in [0.05, 0.1) is 36.3 Å². The largest absolute Gasteiger partial charge is 0.367 e. The first-order valence-corrected chi connectivity index (χ1v) is 12.1. The van der Waals surface area contributed by atoms with Crippen molar-refractivity contribution < 1.29 is 9.13 Å². The number of benzene rings is 1. The van der Waals surface area contributed by atoms with Crippen molar-refractivity contribution in [1.29, 1.82) is 0 Å². The third-order valence-corrected chi connectivity index (χ3v) is 6.77. The average molecular weight is 474 g/mol. The zero-order valence-electron chi connectivity index (χ0n) is 20.4. The summed E-state index contributed by atoms with van der Waals surface area (Å²) in [4.78, 5) is 21.1. The topological polar surface area (TPSA) is 81.9 Å². The number of aromatic nitrogens is 6. The summed E-state index contributed by atoms with van der Waals surface area (Å²) >= 11 is 0. The second-order valence-electron chi connectivity index (χ2n) is 9.75. The molecule has 1 saturated carbocycles. The summed E-state index contributed by atoms with van der Waals surface area (Å²) in [7, 11) is 0. The molecule has 180 valence electrons. The molecule has 1 saturated heterocycles. The molecule has 2 aliphatic rings. The number of halogens is 1. The summed E-state index contributed by atoms with van der Waals surface area (Å²) in [6.07, 6.45) is 6.14. The van der Waals surface area contributed by atoms with Crippen LogP contribution >= 0.6 is 0 Å². The molecule has 2 atom stereocenters. The van der Waals surface area contributed by atoms with Crippen LogP contribution in [0.25, 0.3) is 22.4 Å². The first-order valence-electron chi connectivity index (χ1n) is 12.1. The zero-order chi connectivity index (χ0) is 24.3. The van der Waals surface area contributed by atoms with Gasteiger partial charge in [0.2, 0.25) is 5.95 Å². The highest BCUT2D eigenvalue weighted by molar-refractivity contribution is 5.88. The molecule has 2 fully saturated rings. The van der Waals surface area contributed by atoms with E-state index in [1.807, 2.05) is 44.6 Å². The van der Waals surface area contributed by atoms with Crippen molar-refractivity contribution in [3.05, 3.63) is 58.9 Å². The van der Waals surface area contributed by atoms with Crippen LogP contribution in [0.1, 0.15) is 54.4 Å². The molecule has 35 heavy (non-hydrogen) atoms. The summed E-state index contributed by atoms with van der Waals surface area (Å²) in [5.41, 5.74) is 5.27. The van der Waals surface area contributed by atoms with E-state index in [1.165, 1.54) is 18.9 Å². The highest BCUT2D eigenvalue weighted by Gasteiger charge is 2.31. The second kappa shape index (κ2) is 8.34. The Labute approximate surface area is 203 Å². The van der Waals surface area contributed by atoms with Gasteiger partial charge in [-0.05, 0) is 58.2 Å². The number of ether oxygens (including phenoxy) is 1. The van der Waals surface area contributed by atoms with E-state index in [2.05, 4.69) is 21.2 Å². The van der Waals surface area contributed by atoms with Crippen LogP contribution in [0.15, 0.2) is 30.6 Å². The summed E-state index contributed by atoms with van der Waals surface area (Å²) in [6.45, 7) is 8.89. The minimum atomic E-state index is -0.336. The van der Waals surface area contributed by atoms with E-state index in [0.717, 1.165) is 22.5 Å². The van der Waals surface area contributed by atoms with Crippen LogP contribution in [0, 0.1) is 26.6 Å². The van der Waals surface area contributed by atoms with Crippen molar-refractivity contribution >= 4 is 17.1 Å². The van der Waals surface area contributed by atoms with Crippen molar-refractivity contribution in [1.82, 2.24) is 29.7 Å². The van der Waals surface area contributed by atoms with Gasteiger partial charge in [0.1, 0.15) is 23.1 Å². The predicted molar refractivity (Wildman–Crippen MR) is 131 cm³/mol. The molecule has 1 aliphatic heterocycles. The molecule has 4 aromatic rings. The zero-order valence-corrected chi connectivity index (χ0v) is 20.4. The Morgan fingerprint density at radius 1 is 1.00 bits per heavy atom. The summed E-state index contributed by atoms with van der Waals surface area (Å²) in [6, 6.07) is 5.67. The Morgan fingerprint density at radius 2 is 1.80 bits per heavy atom. The van der Waals surface area contributed by atoms with Gasteiger partial charge in [-0.1, -0.05) is 6.07 Å². The standard InChI is InChI=1S/C26H28FN7O/c1-14-5-8-20(21(27)9-14)23-24-25(30-17(4)16(3)29-24)32-26(31-23)33-11-15(2)35-22(13-33)18-10-28-34(12-18)19-6-7-19/h5,8-10,12,15,19,22H,6-7,11,13H2,1-4H3/t15-,22-/m0/s1. The summed E-state index contributed by atoms with van der Waals surface area (Å²) in [5.74, 6) is 0.163. The highest BCUT2D eigenvalue weighted by atomic mass is 19.1. The lowest BCUT2D eigenvalue weighted by atomic mass is 10.1. The van der Waals surface area contributed by atoms with Crippen molar-refractivity contribution in [2.24, 2.45) is 0 Å². The molecule has 0 radical (unpaired) electrons. The summed E-state index contributed by atoms with van der Waals surface area (Å²) in [5, 5.41) is 4.53. The van der Waals surface area contributed by atoms with Gasteiger partial charge in [0.25, 0.3) is 0 Å². The van der Waals surface area contributed by atoms with Gasteiger partial charge < -0.3 is 9.64 Å². The molecule has 1 aliphatic carbocycles. The van der Waals surface area contributed by atoms with Crippen LogP contribution in [0.3, 0.4) is 0 Å². The lowest BCUT2D eigenvalue weighted by Crippen LogP contribution is -2.43. The van der Waals surface area contributed by atoms with Crippen LogP contribution in [0.2, 0.25) is 0 Å². The molecular weight excluding hydrogens is 445 g/mol. The van der Waals surface area contributed by atoms with Gasteiger partial charge in [-0.25, -0.2) is 19.3 Å². The molecule has 4 heterocycles. The molecule has 1 aromatic carbocycles. The number of hydrogen-bond donors (Lipinski definition) is 0. The molecule has 0 unspecified atom stereocenters. The van der Waals surface area contributed by atoms with Crippen molar-refractivity contribution in [3.63, 3.8) is 0 Å². The summed E-state index contributed by atoms with van der Waals surface area (Å²) < 4.78 is 23.4. The van der Waals surface area contributed by atoms with Gasteiger partial charge in [0, 0.05) is 23.9 Å². The van der Waals surface area contributed by atoms with Crippen molar-refractivity contribution in [2.45, 2.75) is 58.8 Å². The quantitative estimate of drug-likeness (QED) is 0.427. The first-order chi connectivity index (χ1) is 16.9. The predicted octanol–water partition coefficient (Wildman–Crippen LogP) is 4.65. The number of fused-ring (bicyclic) bond motifs is 1. The van der Waals surface area contributed by atoms with Crippen LogP contribution < -0.4 is 4.90 Å². The number of rotatable bonds is 4. The third-order valence-electron chi connectivity index (χ3n) is 6.77. The minimum Gasteiger partial charge on any atom is -0.367 e. The lowest BCUT2D eigenvalue weighted by Gasteiger charge is -2.36. The fourth-order valence-corrected chi connectivity index (χ4v) is 4.60. The Kier molecular flexibility index (Phi) is 5.25. The SMILES string of the molecule is Cc1ccc(-c2nc(N3C[C@@H](c4cnn(C5CC5)c4)O[C@@H](C)C3)nc3nc(C)c(C)nc23)c(F)c1. The van der Waals surface area contributed by atoms with E-state index < -0.39 is 0 Å². The number of morpholine rings is 1. The third kappa shape index (κ3) is 4.14. The van der Waals surface area contributed by atoms with E-state index in [1.54, 1.807) is 6.07 Å². The minimum absolute atomic E-state index is 0.0391. The van der Waals surface area contributed by atoms with Gasteiger partial charge in [-0.3, -0.25) is 4.68 Å². The van der Waals surface area contributed by atoms with Gasteiger partial charge >= 0.3 is 0 Å². The average Bonchev–Trinajstić information content (AvgIpc) is 3.55. The Morgan fingerprint density at radius 3 is 2.57 bits per heavy atom. The maximum absolute atomic E-state index is 15.1. The first kappa shape index (κ1) is 22.0. The lowest BCUT2D eigenvalue weighted by molar-refractivity contribution is -0.0178. The van der Waals surface area contributed by atoms with Gasteiger partial charge in [-0.2, -0.15) is 10.1 Å². The number of anilines is 1. The molecule has 6 rings (SSSR count). The monoisotopic (exact) mass is 473 g/mol. The maximum Gasteiger partial charge on any atom is 0.228 e. The maximum atomic E-state index is 15.1. The van der Waals surface area contributed by atoms with Crippen LogP contribution in [0.4, 0.5) is 10.3 Å². The van der Waals surface area contributed by atoms with E-state index in [0.29, 0.717) is 47.5 Å². The Hall–Kier alpha value is -3.46. The van der Waals surface area contributed by atoms with Crippen LogP contribution in [-0.2, 0) is 4.74 Å². The molecule has 8 nitrogen and oxygen atoms in total. The second-order valence-corrected chi connectivity index (χ2v) is 9.75. The molecule has 9 heteroatoms. The smallest absolute Gasteiger partial charge is 0.228 e. The fraction of sp³-hybridized carbons (Fsp3) is 0.423. The van der Waals surface area contributed by atoms with Gasteiger partial charge in [0.15, 0.2) is 5.65 Å². The van der Waals surface area contributed by atoms with Gasteiger partial charge in [-0.15, -0.1) is 0 Å². The molecule has 0 N–H and O–H groups in total. The molecule has 0 spiro atoms. The number of aryl methyl sites for hydroxylation is 3. The van der Waals surface area contributed by atoms with Crippen molar-refractivity contribution in [3.8, 4) is 11.3 Å². The molecule has 3 aromatic heterocycles. The van der Waals surface area contributed by atoms with Crippen LogP contribution in [0.5, 0.6) is 0 Å². The van der Waals surface area contributed by atoms with E-state index in [4.69, 9.17) is 19.7 Å². The Bertz CT molecular complexity index is 1430.